The maximum atomic E-state index is 13.6. The molecule has 0 aliphatic heterocycles. The minimum Gasteiger partial charge on any atom is -0.497 e. The van der Waals surface area contributed by atoms with E-state index in [1.165, 1.54) is 30.7 Å². The van der Waals surface area contributed by atoms with Gasteiger partial charge in [-0.3, -0.25) is 4.79 Å². The Morgan fingerprint density at radius 2 is 1.64 bits per heavy atom. The topological polar surface area (TPSA) is 131 Å². The van der Waals surface area contributed by atoms with E-state index in [1.54, 1.807) is 19.1 Å². The smallest absolute Gasteiger partial charge is 0.407 e. The van der Waals surface area contributed by atoms with Crippen LogP contribution in [-0.4, -0.2) is 75.5 Å². The first-order chi connectivity index (χ1) is 18.5. The molecule has 0 radical (unpaired) electrons. The lowest BCUT2D eigenvalue weighted by Gasteiger charge is -2.31. The summed E-state index contributed by atoms with van der Waals surface area (Å²) in [7, 11) is -1.24. The monoisotopic (exact) mass is 564 g/mol. The van der Waals surface area contributed by atoms with E-state index in [9.17, 15) is 23.1 Å². The van der Waals surface area contributed by atoms with Crippen LogP contribution in [-0.2, 0) is 30.7 Å². The predicted molar refractivity (Wildman–Crippen MR) is 147 cm³/mol. The van der Waals surface area contributed by atoms with E-state index in [4.69, 9.17) is 9.47 Å². The van der Waals surface area contributed by atoms with Crippen LogP contribution in [0.2, 0.25) is 0 Å². The number of amides is 1. The molecule has 2 aromatic carbocycles. The third-order valence-electron chi connectivity index (χ3n) is 6.36. The summed E-state index contributed by atoms with van der Waals surface area (Å²) < 4.78 is 43.5. The number of nitrogens with zero attached hydrogens (tertiary/aromatic N) is 1. The van der Waals surface area contributed by atoms with E-state index in [2.05, 4.69) is 10.1 Å². The maximum Gasteiger partial charge on any atom is 0.407 e. The second-order valence-corrected chi connectivity index (χ2v) is 11.5. The molecule has 0 spiro atoms. The SMILES string of the molecule is CC[C@H](C)CN(C[C@@H](O)[C@H](Cc1ccccc1)NC(=O)O[C@H](C)CC(=O)OC)S(=O)(=O)c1ccc(OC)cc1. The van der Waals surface area contributed by atoms with Crippen molar-refractivity contribution >= 4 is 22.1 Å². The highest BCUT2D eigenvalue weighted by molar-refractivity contribution is 7.89. The molecule has 0 aliphatic rings. The lowest BCUT2D eigenvalue weighted by molar-refractivity contribution is -0.142. The van der Waals surface area contributed by atoms with Gasteiger partial charge >= 0.3 is 12.1 Å². The van der Waals surface area contributed by atoms with Crippen molar-refractivity contribution in [1.82, 2.24) is 9.62 Å². The van der Waals surface area contributed by atoms with Gasteiger partial charge < -0.3 is 24.6 Å². The molecular formula is C28H40N2O8S. The fourth-order valence-corrected chi connectivity index (χ4v) is 5.44. The van der Waals surface area contributed by atoms with Gasteiger partial charge in [-0.05, 0) is 49.1 Å². The third-order valence-corrected chi connectivity index (χ3v) is 8.20. The van der Waals surface area contributed by atoms with Crippen molar-refractivity contribution in [2.75, 3.05) is 27.3 Å². The Bertz CT molecular complexity index is 1140. The van der Waals surface area contributed by atoms with Crippen molar-refractivity contribution in [3.05, 3.63) is 60.2 Å². The zero-order valence-corrected chi connectivity index (χ0v) is 24.0. The minimum atomic E-state index is -3.97. The summed E-state index contributed by atoms with van der Waals surface area (Å²) in [4.78, 5) is 24.3. The van der Waals surface area contributed by atoms with Gasteiger partial charge in [0.2, 0.25) is 10.0 Å². The third kappa shape index (κ3) is 10.2. The molecule has 0 bridgehead atoms. The molecule has 0 saturated carbocycles. The van der Waals surface area contributed by atoms with Crippen molar-refractivity contribution in [3.8, 4) is 5.75 Å². The average molecular weight is 565 g/mol. The highest BCUT2D eigenvalue weighted by Gasteiger charge is 2.32. The van der Waals surface area contributed by atoms with Crippen LogP contribution in [0, 0.1) is 5.92 Å². The van der Waals surface area contributed by atoms with Crippen molar-refractivity contribution in [1.29, 1.82) is 0 Å². The number of carbonyl (C=O) groups is 2. The van der Waals surface area contributed by atoms with Crippen molar-refractivity contribution < 1.29 is 37.3 Å². The first kappa shape index (κ1) is 32.1. The molecule has 11 heteroatoms. The van der Waals surface area contributed by atoms with E-state index >= 15 is 0 Å². The summed E-state index contributed by atoms with van der Waals surface area (Å²) in [5, 5.41) is 14.0. The molecule has 4 atom stereocenters. The van der Waals surface area contributed by atoms with Crippen LogP contribution >= 0.6 is 0 Å². The molecule has 0 unspecified atom stereocenters. The summed E-state index contributed by atoms with van der Waals surface area (Å²) in [6.45, 7) is 5.37. The van der Waals surface area contributed by atoms with E-state index in [0.717, 1.165) is 12.0 Å². The standard InChI is InChI=1S/C28H40N2O8S/c1-6-20(2)18-30(39(34,35)24-14-12-23(36-4)13-15-24)19-26(31)25(17-22-10-8-7-9-11-22)29-28(33)38-21(3)16-27(32)37-5/h7-15,20-21,25-26,31H,6,16-19H2,1-5H3,(H,29,33)/t20-,21+,25-,26+/m0/s1. The van der Waals surface area contributed by atoms with Gasteiger partial charge in [-0.15, -0.1) is 0 Å². The number of methoxy groups -OCH3 is 2. The highest BCUT2D eigenvalue weighted by atomic mass is 32.2. The Balaban J connectivity index is 2.29. The van der Waals surface area contributed by atoms with Gasteiger partial charge in [-0.1, -0.05) is 50.6 Å². The Labute approximate surface area is 231 Å². The number of nitrogens with one attached hydrogen (secondary N) is 1. The Kier molecular flexibility index (Phi) is 12.7. The highest BCUT2D eigenvalue weighted by Crippen LogP contribution is 2.22. The molecule has 2 N–H and O–H groups in total. The minimum absolute atomic E-state index is 0.0230. The lowest BCUT2D eigenvalue weighted by atomic mass is 10.0. The number of hydrogen-bond acceptors (Lipinski definition) is 8. The fraction of sp³-hybridized carbons (Fsp3) is 0.500. The van der Waals surface area contributed by atoms with Crippen LogP contribution in [0.1, 0.15) is 39.2 Å². The van der Waals surface area contributed by atoms with Gasteiger partial charge in [-0.25, -0.2) is 13.2 Å². The number of benzene rings is 2. The average Bonchev–Trinajstić information content (AvgIpc) is 2.92. The first-order valence-corrected chi connectivity index (χ1v) is 14.3. The second kappa shape index (κ2) is 15.4. The van der Waals surface area contributed by atoms with E-state index in [-0.39, 0.29) is 36.7 Å². The molecule has 0 fully saturated rings. The maximum absolute atomic E-state index is 13.6. The zero-order valence-electron chi connectivity index (χ0n) is 23.2. The Morgan fingerprint density at radius 1 is 1.00 bits per heavy atom. The second-order valence-electron chi connectivity index (χ2n) is 9.52. The number of sulfonamides is 1. The van der Waals surface area contributed by atoms with Gasteiger partial charge in [0.25, 0.3) is 0 Å². The summed E-state index contributed by atoms with van der Waals surface area (Å²) in [6, 6.07) is 14.4. The molecule has 1 amide bonds. The Hall–Kier alpha value is -3.15. The zero-order chi connectivity index (χ0) is 29.0. The summed E-state index contributed by atoms with van der Waals surface area (Å²) in [5.41, 5.74) is 0.830. The predicted octanol–water partition coefficient (Wildman–Crippen LogP) is 3.38. The van der Waals surface area contributed by atoms with Crippen LogP contribution in [0.3, 0.4) is 0 Å². The van der Waals surface area contributed by atoms with Crippen LogP contribution in [0.4, 0.5) is 4.79 Å². The number of hydrogen-bond donors (Lipinski definition) is 2. The fourth-order valence-electron chi connectivity index (χ4n) is 3.86. The number of aliphatic hydroxyl groups excluding tert-OH is 1. The van der Waals surface area contributed by atoms with Gasteiger partial charge in [0, 0.05) is 13.1 Å². The molecule has 2 aromatic rings. The van der Waals surface area contributed by atoms with Gasteiger partial charge in [-0.2, -0.15) is 4.31 Å². The van der Waals surface area contributed by atoms with Crippen LogP contribution < -0.4 is 10.1 Å². The summed E-state index contributed by atoms with van der Waals surface area (Å²) >= 11 is 0. The number of aliphatic hydroxyl groups is 1. The molecule has 216 valence electrons. The van der Waals surface area contributed by atoms with Crippen molar-refractivity contribution in [3.63, 3.8) is 0 Å². The van der Waals surface area contributed by atoms with E-state index < -0.39 is 40.3 Å². The quantitative estimate of drug-likeness (QED) is 0.315. The molecule has 0 saturated heterocycles. The van der Waals surface area contributed by atoms with Gasteiger partial charge in [0.05, 0.1) is 37.7 Å². The Morgan fingerprint density at radius 3 is 2.21 bits per heavy atom. The number of alkyl carbamates (subject to hydrolysis) is 1. The van der Waals surface area contributed by atoms with Gasteiger partial charge in [0.15, 0.2) is 0 Å². The normalized spacial score (nSPS) is 14.6. The number of rotatable bonds is 15. The molecule has 0 aromatic heterocycles. The lowest BCUT2D eigenvalue weighted by Crippen LogP contribution is -2.51. The molecule has 10 nitrogen and oxygen atoms in total. The van der Waals surface area contributed by atoms with Crippen LogP contribution in [0.5, 0.6) is 5.75 Å². The molecule has 39 heavy (non-hydrogen) atoms. The molecule has 0 aliphatic carbocycles. The summed E-state index contributed by atoms with van der Waals surface area (Å²) in [6.07, 6.45) is -2.03. The molecular weight excluding hydrogens is 524 g/mol. The number of esters is 1. The van der Waals surface area contributed by atoms with Crippen molar-refractivity contribution in [2.45, 2.75) is 63.2 Å². The number of carbonyl (C=O) groups excluding carboxylic acids is 2. The van der Waals surface area contributed by atoms with Crippen molar-refractivity contribution in [2.24, 2.45) is 5.92 Å². The first-order valence-electron chi connectivity index (χ1n) is 12.9. The van der Waals surface area contributed by atoms with E-state index in [0.29, 0.717) is 5.75 Å². The summed E-state index contributed by atoms with van der Waals surface area (Å²) in [5.74, 6) is 0.0185. The van der Waals surface area contributed by atoms with Gasteiger partial charge in [0.1, 0.15) is 11.9 Å². The molecule has 0 heterocycles. The van der Waals surface area contributed by atoms with E-state index in [1.807, 2.05) is 44.2 Å². The number of ether oxygens (including phenoxy) is 3. The molecule has 2 rings (SSSR count). The van der Waals surface area contributed by atoms with Crippen LogP contribution in [0.25, 0.3) is 0 Å². The largest absolute Gasteiger partial charge is 0.497 e. The van der Waals surface area contributed by atoms with Crippen LogP contribution in [0.15, 0.2) is 59.5 Å².